The molecule has 1 unspecified atom stereocenters. The van der Waals surface area contributed by atoms with Gasteiger partial charge in [-0.05, 0) is 34.6 Å². The van der Waals surface area contributed by atoms with Crippen molar-refractivity contribution in [2.45, 2.75) is 53.3 Å². The van der Waals surface area contributed by atoms with E-state index in [0.29, 0.717) is 6.04 Å². The maximum Gasteiger partial charge on any atom is 0.203 e. The SMILES string of the molecule is CCOC(C)Cn1cc(C)nc1NC(C)C. The van der Waals surface area contributed by atoms with Crippen LogP contribution in [0.5, 0.6) is 0 Å². The van der Waals surface area contributed by atoms with Crippen molar-refractivity contribution in [3.63, 3.8) is 0 Å². The highest BCUT2D eigenvalue weighted by Gasteiger charge is 2.09. The summed E-state index contributed by atoms with van der Waals surface area (Å²) in [6.07, 6.45) is 2.27. The summed E-state index contributed by atoms with van der Waals surface area (Å²) in [7, 11) is 0. The first-order chi connectivity index (χ1) is 7.52. The quantitative estimate of drug-likeness (QED) is 0.808. The van der Waals surface area contributed by atoms with Gasteiger partial charge in [-0.2, -0.15) is 0 Å². The lowest BCUT2D eigenvalue weighted by Gasteiger charge is -2.16. The third kappa shape index (κ3) is 3.85. The van der Waals surface area contributed by atoms with Crippen LogP contribution >= 0.6 is 0 Å². The zero-order chi connectivity index (χ0) is 12.1. The van der Waals surface area contributed by atoms with Gasteiger partial charge in [-0.1, -0.05) is 0 Å². The Morgan fingerprint density at radius 2 is 2.12 bits per heavy atom. The Balaban J connectivity index is 2.70. The van der Waals surface area contributed by atoms with Crippen LogP contribution < -0.4 is 5.32 Å². The predicted molar refractivity (Wildman–Crippen MR) is 66.8 cm³/mol. The van der Waals surface area contributed by atoms with Gasteiger partial charge in [0.05, 0.1) is 18.3 Å². The van der Waals surface area contributed by atoms with Crippen molar-refractivity contribution < 1.29 is 4.74 Å². The molecule has 0 saturated heterocycles. The number of anilines is 1. The molecule has 0 bridgehead atoms. The molecular formula is C12H23N3O. The van der Waals surface area contributed by atoms with Crippen LogP contribution in [0.1, 0.15) is 33.4 Å². The minimum atomic E-state index is 0.214. The van der Waals surface area contributed by atoms with Crippen LogP contribution in [-0.4, -0.2) is 28.3 Å². The average Bonchev–Trinajstić information content (AvgIpc) is 2.45. The standard InChI is InChI=1S/C12H23N3O/c1-6-16-11(5)8-15-7-10(4)14-12(15)13-9(2)3/h7,9,11H,6,8H2,1-5H3,(H,13,14). The predicted octanol–water partition coefficient (Wildman–Crippen LogP) is 2.44. The van der Waals surface area contributed by atoms with Crippen molar-refractivity contribution in [3.05, 3.63) is 11.9 Å². The molecule has 0 fully saturated rings. The molecule has 1 rings (SSSR count). The van der Waals surface area contributed by atoms with E-state index in [0.717, 1.165) is 24.8 Å². The normalized spacial score (nSPS) is 13.1. The second-order valence-electron chi connectivity index (χ2n) is 4.42. The van der Waals surface area contributed by atoms with E-state index in [9.17, 15) is 0 Å². The van der Waals surface area contributed by atoms with Gasteiger partial charge in [0, 0.05) is 18.8 Å². The van der Waals surface area contributed by atoms with Crippen molar-refractivity contribution in [3.8, 4) is 0 Å². The third-order valence-corrected chi connectivity index (χ3v) is 2.22. The molecule has 0 aliphatic rings. The highest BCUT2D eigenvalue weighted by Crippen LogP contribution is 2.11. The smallest absolute Gasteiger partial charge is 0.203 e. The van der Waals surface area contributed by atoms with Gasteiger partial charge in [-0.15, -0.1) is 0 Å². The largest absolute Gasteiger partial charge is 0.377 e. The Labute approximate surface area is 98.0 Å². The van der Waals surface area contributed by atoms with Crippen LogP contribution in [0.3, 0.4) is 0 Å². The molecule has 0 saturated carbocycles. The molecule has 4 nitrogen and oxygen atoms in total. The van der Waals surface area contributed by atoms with Gasteiger partial charge in [0.25, 0.3) is 0 Å². The first-order valence-electron chi connectivity index (χ1n) is 5.94. The number of aromatic nitrogens is 2. The van der Waals surface area contributed by atoms with Gasteiger partial charge in [0.1, 0.15) is 0 Å². The van der Waals surface area contributed by atoms with Gasteiger partial charge >= 0.3 is 0 Å². The summed E-state index contributed by atoms with van der Waals surface area (Å²) in [6.45, 7) is 11.9. The van der Waals surface area contributed by atoms with Gasteiger partial charge in [0.15, 0.2) is 0 Å². The van der Waals surface area contributed by atoms with E-state index in [1.807, 2.05) is 13.8 Å². The van der Waals surface area contributed by atoms with Crippen LogP contribution in [-0.2, 0) is 11.3 Å². The van der Waals surface area contributed by atoms with Crippen LogP contribution in [0.25, 0.3) is 0 Å². The number of imidazole rings is 1. The molecule has 1 heterocycles. The van der Waals surface area contributed by atoms with Crippen LogP contribution in [0, 0.1) is 6.92 Å². The van der Waals surface area contributed by atoms with Crippen molar-refractivity contribution in [1.29, 1.82) is 0 Å². The summed E-state index contributed by atoms with van der Waals surface area (Å²) >= 11 is 0. The van der Waals surface area contributed by atoms with Crippen LogP contribution in [0.2, 0.25) is 0 Å². The first-order valence-corrected chi connectivity index (χ1v) is 5.94. The molecule has 92 valence electrons. The molecule has 1 atom stereocenters. The molecule has 0 spiro atoms. The molecular weight excluding hydrogens is 202 g/mol. The minimum absolute atomic E-state index is 0.214. The second kappa shape index (κ2) is 5.89. The van der Waals surface area contributed by atoms with Gasteiger partial charge < -0.3 is 14.6 Å². The van der Waals surface area contributed by atoms with Gasteiger partial charge in [-0.3, -0.25) is 0 Å². The number of rotatable bonds is 6. The third-order valence-electron chi connectivity index (χ3n) is 2.22. The number of hydrogen-bond donors (Lipinski definition) is 1. The van der Waals surface area contributed by atoms with E-state index >= 15 is 0 Å². The molecule has 0 aromatic carbocycles. The molecule has 1 N–H and O–H groups in total. The first kappa shape index (κ1) is 13.0. The van der Waals surface area contributed by atoms with Crippen molar-refractivity contribution >= 4 is 5.95 Å². The molecule has 16 heavy (non-hydrogen) atoms. The van der Waals surface area contributed by atoms with Gasteiger partial charge in [0.2, 0.25) is 5.95 Å². The number of nitrogens with zero attached hydrogens (tertiary/aromatic N) is 2. The number of aryl methyl sites for hydroxylation is 1. The van der Waals surface area contributed by atoms with E-state index < -0.39 is 0 Å². The Morgan fingerprint density at radius 1 is 1.44 bits per heavy atom. The number of ether oxygens (including phenoxy) is 1. The van der Waals surface area contributed by atoms with Crippen molar-refractivity contribution in [2.24, 2.45) is 0 Å². The Hall–Kier alpha value is -1.03. The average molecular weight is 225 g/mol. The van der Waals surface area contributed by atoms with E-state index in [2.05, 4.69) is 41.8 Å². The summed E-state index contributed by atoms with van der Waals surface area (Å²) in [4.78, 5) is 4.46. The zero-order valence-corrected chi connectivity index (χ0v) is 10.9. The zero-order valence-electron chi connectivity index (χ0n) is 10.9. The Kier molecular flexibility index (Phi) is 4.80. The second-order valence-corrected chi connectivity index (χ2v) is 4.42. The van der Waals surface area contributed by atoms with E-state index in [-0.39, 0.29) is 6.10 Å². The maximum absolute atomic E-state index is 5.54. The van der Waals surface area contributed by atoms with Crippen molar-refractivity contribution in [2.75, 3.05) is 11.9 Å². The fraction of sp³-hybridized carbons (Fsp3) is 0.750. The minimum Gasteiger partial charge on any atom is -0.377 e. The fourth-order valence-electron chi connectivity index (χ4n) is 1.67. The molecule has 0 radical (unpaired) electrons. The summed E-state index contributed by atoms with van der Waals surface area (Å²) < 4.78 is 7.66. The van der Waals surface area contributed by atoms with E-state index in [4.69, 9.17) is 4.74 Å². The number of nitrogens with one attached hydrogen (secondary N) is 1. The van der Waals surface area contributed by atoms with E-state index in [1.165, 1.54) is 0 Å². The highest BCUT2D eigenvalue weighted by molar-refractivity contribution is 5.29. The van der Waals surface area contributed by atoms with E-state index in [1.54, 1.807) is 0 Å². The lowest BCUT2D eigenvalue weighted by molar-refractivity contribution is 0.0644. The monoisotopic (exact) mass is 225 g/mol. The van der Waals surface area contributed by atoms with Crippen molar-refractivity contribution in [1.82, 2.24) is 9.55 Å². The summed E-state index contributed by atoms with van der Waals surface area (Å²) in [5.74, 6) is 0.930. The number of hydrogen-bond acceptors (Lipinski definition) is 3. The topological polar surface area (TPSA) is 39.1 Å². The Morgan fingerprint density at radius 3 is 2.69 bits per heavy atom. The summed E-state index contributed by atoms with van der Waals surface area (Å²) in [5.41, 5.74) is 1.03. The molecule has 0 amide bonds. The molecule has 1 aromatic heterocycles. The van der Waals surface area contributed by atoms with Crippen LogP contribution in [0.15, 0.2) is 6.20 Å². The Bertz CT molecular complexity index is 320. The lowest BCUT2D eigenvalue weighted by atomic mass is 10.4. The highest BCUT2D eigenvalue weighted by atomic mass is 16.5. The molecule has 0 aliphatic heterocycles. The van der Waals surface area contributed by atoms with Gasteiger partial charge in [-0.25, -0.2) is 4.98 Å². The van der Waals surface area contributed by atoms with Crippen LogP contribution in [0.4, 0.5) is 5.95 Å². The lowest BCUT2D eigenvalue weighted by Crippen LogP contribution is -2.20. The maximum atomic E-state index is 5.54. The summed E-state index contributed by atoms with van der Waals surface area (Å²) in [5, 5.41) is 3.34. The molecule has 0 aliphatic carbocycles. The summed E-state index contributed by atoms with van der Waals surface area (Å²) in [6, 6.07) is 0.392. The molecule has 4 heteroatoms. The molecule has 1 aromatic rings. The fourth-order valence-corrected chi connectivity index (χ4v) is 1.67.